The second-order valence-electron chi connectivity index (χ2n) is 5.44. The minimum Gasteiger partial charge on any atom is -0.288 e. The fourth-order valence-electron chi connectivity index (χ4n) is 2.48. The van der Waals surface area contributed by atoms with E-state index in [4.69, 9.17) is 4.76 Å². The maximum absolute atomic E-state index is 13.9. The van der Waals surface area contributed by atoms with Crippen LogP contribution in [0.4, 0.5) is 0 Å². The number of nitrogens with zero attached hydrogens (tertiary/aromatic N) is 1. The van der Waals surface area contributed by atoms with E-state index in [1.165, 1.54) is 3.57 Å². The molecule has 3 aromatic carbocycles. The Kier molecular flexibility index (Phi) is 5.32. The van der Waals surface area contributed by atoms with Crippen molar-refractivity contribution in [2.24, 2.45) is 4.76 Å². The number of rotatable bonds is 4. The number of halogens is 1. The molecule has 0 aliphatic heterocycles. The van der Waals surface area contributed by atoms with Gasteiger partial charge in [-0.25, -0.2) is 4.76 Å². The summed E-state index contributed by atoms with van der Waals surface area (Å²) in [5.74, 6) is 0. The van der Waals surface area contributed by atoms with Crippen molar-refractivity contribution < 1.29 is 4.57 Å². The molecule has 0 saturated carbocycles. The molecule has 0 atom stereocenters. The fraction of sp³-hybridized carbons (Fsp3) is 0.0500. The average Bonchev–Trinajstić information content (AvgIpc) is 2.63. The van der Waals surface area contributed by atoms with Crippen LogP contribution in [0.15, 0.2) is 89.7 Å². The average molecular weight is 445 g/mol. The van der Waals surface area contributed by atoms with Gasteiger partial charge in [-0.05, 0) is 71.5 Å². The van der Waals surface area contributed by atoms with E-state index in [-0.39, 0.29) is 0 Å². The Morgan fingerprint density at radius 1 is 0.792 bits per heavy atom. The zero-order valence-electron chi connectivity index (χ0n) is 13.3. The first-order valence-corrected chi connectivity index (χ1v) is 10.4. The molecule has 0 aliphatic rings. The van der Waals surface area contributed by atoms with Crippen molar-refractivity contribution in [3.63, 3.8) is 0 Å². The third-order valence-electron chi connectivity index (χ3n) is 3.77. The van der Waals surface area contributed by atoms with E-state index in [0.717, 1.165) is 21.9 Å². The Morgan fingerprint density at radius 2 is 1.25 bits per heavy atom. The second kappa shape index (κ2) is 7.45. The molecule has 0 fully saturated rings. The first-order valence-electron chi connectivity index (χ1n) is 7.64. The van der Waals surface area contributed by atoms with Crippen LogP contribution >= 0.6 is 29.9 Å². The van der Waals surface area contributed by atoms with Crippen molar-refractivity contribution >= 4 is 46.2 Å². The predicted molar refractivity (Wildman–Crippen MR) is 111 cm³/mol. The summed E-state index contributed by atoms with van der Waals surface area (Å²) in [5.41, 5.74) is 1.77. The molecule has 0 saturated heterocycles. The highest BCUT2D eigenvalue weighted by Gasteiger charge is 2.26. The minimum atomic E-state index is -3.07. The highest BCUT2D eigenvalue weighted by molar-refractivity contribution is 14.1. The molecule has 3 aromatic rings. The summed E-state index contributed by atoms with van der Waals surface area (Å²) in [5, 5.41) is 1.50. The molecular weight excluding hydrogens is 428 g/mol. The van der Waals surface area contributed by atoms with E-state index in [9.17, 15) is 4.57 Å². The molecule has 0 spiro atoms. The zero-order valence-corrected chi connectivity index (χ0v) is 16.3. The SMILES string of the molecule is C/C(=N\P(=O)(c1ccccc1)c1ccccc1)c1ccc(I)cc1. The molecule has 0 amide bonds. The number of hydrogen-bond donors (Lipinski definition) is 0. The van der Waals surface area contributed by atoms with Gasteiger partial charge in [-0.1, -0.05) is 48.5 Å². The molecule has 0 aliphatic carbocycles. The van der Waals surface area contributed by atoms with Gasteiger partial charge in [-0.15, -0.1) is 0 Å². The maximum Gasteiger partial charge on any atom is 0.247 e. The minimum absolute atomic E-state index is 0.751. The Hall–Kier alpha value is -1.71. The van der Waals surface area contributed by atoms with Gasteiger partial charge in [0.15, 0.2) is 0 Å². The van der Waals surface area contributed by atoms with E-state index >= 15 is 0 Å². The number of hydrogen-bond acceptors (Lipinski definition) is 1. The van der Waals surface area contributed by atoms with Crippen molar-refractivity contribution in [2.75, 3.05) is 0 Å². The van der Waals surface area contributed by atoms with E-state index in [1.807, 2.05) is 91.9 Å². The van der Waals surface area contributed by atoms with Gasteiger partial charge >= 0.3 is 0 Å². The lowest BCUT2D eigenvalue weighted by molar-refractivity contribution is 0.588. The molecule has 0 bridgehead atoms. The third kappa shape index (κ3) is 3.68. The monoisotopic (exact) mass is 445 g/mol. The fourth-order valence-corrected chi connectivity index (χ4v) is 5.06. The van der Waals surface area contributed by atoms with Gasteiger partial charge in [0, 0.05) is 19.9 Å². The molecule has 0 radical (unpaired) electrons. The highest BCUT2D eigenvalue weighted by atomic mass is 127. The summed E-state index contributed by atoms with van der Waals surface area (Å²) in [6.45, 7) is 1.92. The molecular formula is C20H17INOP. The second-order valence-corrected chi connectivity index (χ2v) is 9.07. The lowest BCUT2D eigenvalue weighted by atomic mass is 10.1. The zero-order chi connectivity index (χ0) is 17.0. The van der Waals surface area contributed by atoms with Crippen LogP contribution in [0, 0.1) is 3.57 Å². The van der Waals surface area contributed by atoms with Crippen molar-refractivity contribution in [1.29, 1.82) is 0 Å². The van der Waals surface area contributed by atoms with E-state index in [1.54, 1.807) is 0 Å². The normalized spacial score (nSPS) is 12.2. The van der Waals surface area contributed by atoms with Crippen LogP contribution in [0.25, 0.3) is 0 Å². The van der Waals surface area contributed by atoms with Crippen molar-refractivity contribution in [1.82, 2.24) is 0 Å². The Balaban J connectivity index is 2.14. The first-order chi connectivity index (χ1) is 11.6. The van der Waals surface area contributed by atoms with Crippen LogP contribution in [-0.4, -0.2) is 5.71 Å². The first kappa shape index (κ1) is 17.1. The third-order valence-corrected chi connectivity index (χ3v) is 7.06. The van der Waals surface area contributed by atoms with Gasteiger partial charge in [0.2, 0.25) is 7.29 Å². The summed E-state index contributed by atoms with van der Waals surface area (Å²) in [6, 6.07) is 27.1. The largest absolute Gasteiger partial charge is 0.288 e. The maximum atomic E-state index is 13.9. The quantitative estimate of drug-likeness (QED) is 0.315. The van der Waals surface area contributed by atoms with Crippen LogP contribution in [0.2, 0.25) is 0 Å². The lowest BCUT2D eigenvalue weighted by Crippen LogP contribution is -2.15. The van der Waals surface area contributed by atoms with Crippen LogP contribution in [-0.2, 0) is 4.57 Å². The molecule has 120 valence electrons. The summed E-state index contributed by atoms with van der Waals surface area (Å²) in [6.07, 6.45) is 0. The van der Waals surface area contributed by atoms with Crippen molar-refractivity contribution in [3.05, 3.63) is 94.1 Å². The summed E-state index contributed by atoms with van der Waals surface area (Å²) in [4.78, 5) is 0. The predicted octanol–water partition coefficient (Wildman–Crippen LogP) is 5.03. The molecule has 0 unspecified atom stereocenters. The molecule has 2 nitrogen and oxygen atoms in total. The molecule has 0 aromatic heterocycles. The molecule has 24 heavy (non-hydrogen) atoms. The van der Waals surface area contributed by atoms with Gasteiger partial charge < -0.3 is 0 Å². The van der Waals surface area contributed by atoms with Gasteiger partial charge in [0.25, 0.3) is 0 Å². The molecule has 3 rings (SSSR count). The van der Waals surface area contributed by atoms with Crippen LogP contribution in [0.3, 0.4) is 0 Å². The summed E-state index contributed by atoms with van der Waals surface area (Å²) >= 11 is 2.27. The highest BCUT2D eigenvalue weighted by Crippen LogP contribution is 2.45. The molecule has 4 heteroatoms. The summed E-state index contributed by atoms with van der Waals surface area (Å²) in [7, 11) is -3.07. The standard InChI is InChI=1S/C20H17INOP/c1-16(17-12-14-18(21)15-13-17)22-24(23,19-8-4-2-5-9-19)20-10-6-3-7-11-20/h2-15H,1H3/b22-16+. The molecule has 0 heterocycles. The van der Waals surface area contributed by atoms with Gasteiger partial charge in [-0.2, -0.15) is 0 Å². The Bertz CT molecular complexity index is 846. The van der Waals surface area contributed by atoms with E-state index < -0.39 is 7.29 Å². The van der Waals surface area contributed by atoms with Gasteiger partial charge in [-0.3, -0.25) is 4.57 Å². The van der Waals surface area contributed by atoms with E-state index in [0.29, 0.717) is 0 Å². The number of benzene rings is 3. The van der Waals surface area contributed by atoms with Crippen LogP contribution in [0.1, 0.15) is 12.5 Å². The van der Waals surface area contributed by atoms with Gasteiger partial charge in [0.1, 0.15) is 0 Å². The Morgan fingerprint density at radius 3 is 1.71 bits per heavy atom. The smallest absolute Gasteiger partial charge is 0.247 e. The van der Waals surface area contributed by atoms with Crippen LogP contribution in [0.5, 0.6) is 0 Å². The van der Waals surface area contributed by atoms with Crippen molar-refractivity contribution in [3.8, 4) is 0 Å². The van der Waals surface area contributed by atoms with E-state index in [2.05, 4.69) is 22.6 Å². The van der Waals surface area contributed by atoms with Crippen molar-refractivity contribution in [2.45, 2.75) is 6.92 Å². The topological polar surface area (TPSA) is 29.4 Å². The van der Waals surface area contributed by atoms with Crippen LogP contribution < -0.4 is 10.6 Å². The summed E-state index contributed by atoms with van der Waals surface area (Å²) < 4.78 is 19.8. The molecule has 0 N–H and O–H groups in total. The lowest BCUT2D eigenvalue weighted by Gasteiger charge is -2.16. The van der Waals surface area contributed by atoms with Gasteiger partial charge in [0.05, 0.1) is 0 Å². The Labute approximate surface area is 156 Å².